The first-order valence-electron chi connectivity index (χ1n) is 17.4. The Hall–Kier alpha value is -4.86. The van der Waals surface area contributed by atoms with Crippen LogP contribution >= 0.6 is 7.82 Å². The Kier molecular flexibility index (Phi) is 16.8. The van der Waals surface area contributed by atoms with Crippen molar-refractivity contribution in [3.8, 4) is 0 Å². The minimum atomic E-state index is -5.13. The molecule has 21 nitrogen and oxygen atoms in total. The maximum Gasteiger partial charge on any atom is 0.510 e. The maximum atomic E-state index is 15.5. The van der Waals surface area contributed by atoms with Crippen LogP contribution in [-0.4, -0.2) is 101 Å². The Bertz CT molecular complexity index is 1800. The first-order valence-corrected chi connectivity index (χ1v) is 18.8. The molecule has 0 saturated carbocycles. The minimum absolute atomic E-state index is 0.159. The van der Waals surface area contributed by atoms with Crippen LogP contribution in [0.5, 0.6) is 0 Å². The predicted octanol–water partition coefficient (Wildman–Crippen LogP) is 3.58. The number of alkyl halides is 1. The van der Waals surface area contributed by atoms with Gasteiger partial charge in [-0.3, -0.25) is 18.9 Å². The second-order valence-electron chi connectivity index (χ2n) is 13.5. The highest BCUT2D eigenvalue weighted by atomic mass is 31.2. The molecule has 1 aromatic carbocycles. The molecule has 0 radical (unpaired) electrons. The SMILES string of the molecule is CC(C)OC(=O)OCOP(=O)(OCOC(=O)OC(C)C)OC[C@@]1(CF)O[C@@H](n2ccc(=O)[nH]c2=O)[C@](C)(O)[C@@H]1OC(=O)C(NC(=O)OCc1ccccc1)C(C)C. The normalized spacial score (nSPS) is 21.2. The van der Waals surface area contributed by atoms with E-state index in [1.807, 2.05) is 4.98 Å². The Morgan fingerprint density at radius 2 is 1.51 bits per heavy atom. The van der Waals surface area contributed by atoms with Crippen molar-refractivity contribution >= 4 is 32.2 Å². The van der Waals surface area contributed by atoms with Crippen molar-refractivity contribution in [3.05, 3.63) is 69.0 Å². The Labute approximate surface area is 325 Å². The third-order valence-corrected chi connectivity index (χ3v) is 9.02. The average molecular weight is 836 g/mol. The molecule has 0 spiro atoms. The molecular weight excluding hydrogens is 788 g/mol. The van der Waals surface area contributed by atoms with Crippen molar-refractivity contribution in [1.82, 2.24) is 14.9 Å². The fourth-order valence-electron chi connectivity index (χ4n) is 5.10. The van der Waals surface area contributed by atoms with Crippen molar-refractivity contribution in [2.75, 3.05) is 26.9 Å². The van der Waals surface area contributed by atoms with Gasteiger partial charge in [-0.25, -0.2) is 42.0 Å². The van der Waals surface area contributed by atoms with Gasteiger partial charge >= 0.3 is 37.9 Å². The van der Waals surface area contributed by atoms with Crippen LogP contribution in [0.1, 0.15) is 60.3 Å². The number of esters is 1. The van der Waals surface area contributed by atoms with Gasteiger partial charge in [-0.2, -0.15) is 0 Å². The number of aliphatic hydroxyl groups is 1. The van der Waals surface area contributed by atoms with E-state index in [1.165, 1.54) is 41.5 Å². The average Bonchev–Trinajstić information content (AvgIpc) is 3.34. The fraction of sp³-hybridized carbons (Fsp3) is 0.588. The number of phosphoric ester groups is 1. The number of amides is 1. The number of carbonyl (C=O) groups is 4. The number of hydrogen-bond acceptors (Lipinski definition) is 18. The van der Waals surface area contributed by atoms with Gasteiger partial charge in [0.05, 0.1) is 18.8 Å². The zero-order chi connectivity index (χ0) is 42.6. The number of rotatable bonds is 19. The number of halogens is 1. The number of nitrogens with zero attached hydrogens (tertiary/aromatic N) is 1. The second kappa shape index (κ2) is 20.5. The molecule has 3 rings (SSSR count). The Balaban J connectivity index is 1.96. The molecule has 1 aromatic heterocycles. The highest BCUT2D eigenvalue weighted by Gasteiger charge is 2.66. The van der Waals surface area contributed by atoms with Gasteiger partial charge in [0.15, 0.2) is 17.9 Å². The summed E-state index contributed by atoms with van der Waals surface area (Å²) in [5.41, 5.74) is -6.59. The molecule has 1 amide bonds. The molecule has 0 aliphatic carbocycles. The lowest BCUT2D eigenvalue weighted by molar-refractivity contribution is -0.178. The highest BCUT2D eigenvalue weighted by Crippen LogP contribution is 2.53. The molecule has 1 aliphatic rings. The van der Waals surface area contributed by atoms with E-state index >= 15 is 4.39 Å². The number of benzene rings is 1. The zero-order valence-electron chi connectivity index (χ0n) is 32.2. The smallest absolute Gasteiger partial charge is 0.454 e. The summed E-state index contributed by atoms with van der Waals surface area (Å²) in [6.45, 7) is 4.64. The van der Waals surface area contributed by atoms with Crippen LogP contribution in [0.2, 0.25) is 0 Å². The molecule has 2 aromatic rings. The number of hydrogen-bond donors (Lipinski definition) is 3. The van der Waals surface area contributed by atoms with Crippen molar-refractivity contribution in [3.63, 3.8) is 0 Å². The van der Waals surface area contributed by atoms with E-state index in [-0.39, 0.29) is 6.61 Å². The maximum absolute atomic E-state index is 15.5. The lowest BCUT2D eigenvalue weighted by Gasteiger charge is -2.36. The van der Waals surface area contributed by atoms with Crippen LogP contribution in [0.4, 0.5) is 18.8 Å². The van der Waals surface area contributed by atoms with Crippen LogP contribution in [0.25, 0.3) is 0 Å². The Morgan fingerprint density at radius 1 is 0.930 bits per heavy atom. The monoisotopic (exact) mass is 835 g/mol. The van der Waals surface area contributed by atoms with Gasteiger partial charge in [-0.05, 0) is 46.1 Å². The van der Waals surface area contributed by atoms with Crippen LogP contribution in [-0.2, 0) is 62.7 Å². The first kappa shape index (κ1) is 46.5. The molecule has 1 saturated heterocycles. The van der Waals surface area contributed by atoms with Crippen LogP contribution in [0.3, 0.4) is 0 Å². The highest BCUT2D eigenvalue weighted by molar-refractivity contribution is 7.48. The molecule has 23 heteroatoms. The second-order valence-corrected chi connectivity index (χ2v) is 15.2. The van der Waals surface area contributed by atoms with Crippen molar-refractivity contribution < 1.29 is 80.0 Å². The molecule has 57 heavy (non-hydrogen) atoms. The van der Waals surface area contributed by atoms with Crippen LogP contribution in [0.15, 0.2) is 52.2 Å². The van der Waals surface area contributed by atoms with Crippen molar-refractivity contribution in [2.24, 2.45) is 5.92 Å². The van der Waals surface area contributed by atoms with Crippen LogP contribution in [0, 0.1) is 5.92 Å². The summed E-state index contributed by atoms with van der Waals surface area (Å²) in [6.07, 6.45) is -8.00. The van der Waals surface area contributed by atoms with E-state index in [4.69, 9.17) is 46.7 Å². The van der Waals surface area contributed by atoms with Gasteiger partial charge < -0.3 is 43.6 Å². The van der Waals surface area contributed by atoms with E-state index in [2.05, 4.69) is 5.32 Å². The van der Waals surface area contributed by atoms with Crippen molar-refractivity contribution in [2.45, 2.75) is 96.9 Å². The first-order chi connectivity index (χ1) is 26.7. The van der Waals surface area contributed by atoms with E-state index in [0.717, 1.165) is 19.2 Å². The van der Waals surface area contributed by atoms with Crippen molar-refractivity contribution in [1.29, 1.82) is 0 Å². The molecule has 1 fully saturated rings. The summed E-state index contributed by atoms with van der Waals surface area (Å²) < 4.78 is 81.2. The largest absolute Gasteiger partial charge is 0.510 e. The molecule has 5 atom stereocenters. The molecule has 318 valence electrons. The molecule has 3 N–H and O–H groups in total. The summed E-state index contributed by atoms with van der Waals surface area (Å²) in [5.74, 6) is -1.94. The number of ether oxygens (including phenoxy) is 7. The van der Waals surface area contributed by atoms with Gasteiger partial charge in [0, 0.05) is 12.3 Å². The number of phosphoric acid groups is 1. The van der Waals surface area contributed by atoms with Gasteiger partial charge in [-0.1, -0.05) is 44.2 Å². The molecule has 1 aliphatic heterocycles. The zero-order valence-corrected chi connectivity index (χ0v) is 33.1. The summed E-state index contributed by atoms with van der Waals surface area (Å²) >= 11 is 0. The number of carbonyl (C=O) groups excluding carboxylic acids is 4. The van der Waals surface area contributed by atoms with E-state index < -0.39 is 118 Å². The quantitative estimate of drug-likeness (QED) is 0.0790. The summed E-state index contributed by atoms with van der Waals surface area (Å²) in [6, 6.07) is 8.01. The topological polar surface area (TPSA) is 265 Å². The molecule has 1 unspecified atom stereocenters. The molecule has 2 heterocycles. The fourth-order valence-corrected chi connectivity index (χ4v) is 6.07. The summed E-state index contributed by atoms with van der Waals surface area (Å²) in [7, 11) is -5.13. The third kappa shape index (κ3) is 13.4. The number of nitrogens with one attached hydrogen (secondary N) is 2. The summed E-state index contributed by atoms with van der Waals surface area (Å²) in [5, 5.41) is 14.3. The molecular formula is C34H47FN3O18P. The van der Waals surface area contributed by atoms with Gasteiger partial charge in [0.25, 0.3) is 5.56 Å². The van der Waals surface area contributed by atoms with E-state index in [9.17, 15) is 38.4 Å². The lowest BCUT2D eigenvalue weighted by Crippen LogP contribution is -2.57. The summed E-state index contributed by atoms with van der Waals surface area (Å²) in [4.78, 5) is 77.0. The number of aromatic nitrogens is 2. The van der Waals surface area contributed by atoms with E-state index in [0.29, 0.717) is 10.1 Å². The molecule has 0 bridgehead atoms. The van der Waals surface area contributed by atoms with Crippen LogP contribution < -0.4 is 16.6 Å². The number of alkyl carbamates (subject to hydrolysis) is 1. The standard InChI is InChI=1S/C34H47FN3O18P/c1-20(2)25(37-30(42)47-15-23-11-9-8-10-12-23)26(40)55-27-33(7,45)28(38-14-13-24(39)36-29(38)41)56-34(27,16-35)17-50-57(46,51-18-48-31(43)53-21(3)4)52-19-49-32(44)54-22(5)6/h8-14,20-22,25,27-28,45H,15-19H2,1-7H3,(H,37,42)(H,36,39,41)/t25?,27-,28+,33+,34+/m0/s1. The Morgan fingerprint density at radius 3 is 2.02 bits per heavy atom. The van der Waals surface area contributed by atoms with E-state index in [1.54, 1.807) is 30.3 Å². The third-order valence-electron chi connectivity index (χ3n) is 7.73. The lowest BCUT2D eigenvalue weighted by atomic mass is 9.88. The number of aromatic amines is 1. The van der Waals surface area contributed by atoms with Gasteiger partial charge in [0.1, 0.15) is 24.9 Å². The van der Waals surface area contributed by atoms with Gasteiger partial charge in [0.2, 0.25) is 13.6 Å². The number of H-pyrrole nitrogens is 1. The van der Waals surface area contributed by atoms with Gasteiger partial charge in [-0.15, -0.1) is 0 Å². The predicted molar refractivity (Wildman–Crippen MR) is 190 cm³/mol. The minimum Gasteiger partial charge on any atom is -0.454 e.